The van der Waals surface area contributed by atoms with Crippen LogP contribution < -0.4 is 5.32 Å². The lowest BCUT2D eigenvalue weighted by Crippen LogP contribution is -2.29. The van der Waals surface area contributed by atoms with Gasteiger partial charge in [0.15, 0.2) is 0 Å². The van der Waals surface area contributed by atoms with Gasteiger partial charge in [-0.2, -0.15) is 0 Å². The topological polar surface area (TPSA) is 66.4 Å². The molecular weight excluding hydrogens is 266 g/mol. The maximum absolute atomic E-state index is 11.3. The predicted octanol–water partition coefficient (Wildman–Crippen LogP) is 3.72. The zero-order valence-corrected chi connectivity index (χ0v) is 14.5. The first-order valence-electron chi connectivity index (χ1n) is 7.73. The van der Waals surface area contributed by atoms with Crippen molar-refractivity contribution in [2.75, 3.05) is 6.54 Å². The summed E-state index contributed by atoms with van der Waals surface area (Å²) in [7, 11) is 0. The van der Waals surface area contributed by atoms with Gasteiger partial charge in [0.05, 0.1) is 5.92 Å². The van der Waals surface area contributed by atoms with Crippen molar-refractivity contribution in [1.82, 2.24) is 5.32 Å². The van der Waals surface area contributed by atoms with Crippen molar-refractivity contribution in [3.05, 3.63) is 12.7 Å². The minimum atomic E-state index is -0.691. The van der Waals surface area contributed by atoms with Gasteiger partial charge in [-0.05, 0) is 24.7 Å². The van der Waals surface area contributed by atoms with Crippen LogP contribution in [0.1, 0.15) is 54.4 Å². The fraction of sp³-hybridized carbons (Fsp3) is 0.765. The lowest BCUT2D eigenvalue weighted by atomic mass is 9.98. The molecule has 2 atom stereocenters. The molecule has 0 aliphatic carbocycles. The number of hydrogen-bond acceptors (Lipinski definition) is 2. The second-order valence-electron chi connectivity index (χ2n) is 6.43. The highest BCUT2D eigenvalue weighted by molar-refractivity contribution is 5.78. The lowest BCUT2D eigenvalue weighted by molar-refractivity contribution is -0.141. The monoisotopic (exact) mass is 299 g/mol. The Balaban J connectivity index is 0. The van der Waals surface area contributed by atoms with E-state index in [-0.39, 0.29) is 17.7 Å². The lowest BCUT2D eigenvalue weighted by Gasteiger charge is -2.12. The average molecular weight is 299 g/mol. The summed E-state index contributed by atoms with van der Waals surface area (Å²) in [6.07, 6.45) is 3.41. The van der Waals surface area contributed by atoms with Crippen LogP contribution in [0.15, 0.2) is 12.7 Å². The van der Waals surface area contributed by atoms with E-state index in [2.05, 4.69) is 25.7 Å². The molecule has 0 aliphatic heterocycles. The van der Waals surface area contributed by atoms with E-state index < -0.39 is 5.97 Å². The van der Waals surface area contributed by atoms with Gasteiger partial charge in [0, 0.05) is 12.5 Å². The smallest absolute Gasteiger partial charge is 0.306 e. The van der Waals surface area contributed by atoms with E-state index >= 15 is 0 Å². The molecule has 0 radical (unpaired) electrons. The van der Waals surface area contributed by atoms with E-state index in [9.17, 15) is 9.59 Å². The molecule has 0 unspecified atom stereocenters. The summed E-state index contributed by atoms with van der Waals surface area (Å²) in [5, 5.41) is 11.2. The van der Waals surface area contributed by atoms with Gasteiger partial charge in [0.2, 0.25) is 5.91 Å². The number of carbonyl (C=O) groups is 2. The molecular formula is C17H33NO3. The fourth-order valence-corrected chi connectivity index (χ4v) is 1.97. The number of aliphatic carboxylic acids is 1. The van der Waals surface area contributed by atoms with Crippen LogP contribution in [-0.2, 0) is 9.59 Å². The summed E-state index contributed by atoms with van der Waals surface area (Å²) >= 11 is 0. The summed E-state index contributed by atoms with van der Waals surface area (Å²) in [6, 6.07) is 0. The van der Waals surface area contributed by atoms with Gasteiger partial charge < -0.3 is 10.4 Å². The second-order valence-corrected chi connectivity index (χ2v) is 6.43. The van der Waals surface area contributed by atoms with Gasteiger partial charge >= 0.3 is 5.97 Å². The molecule has 21 heavy (non-hydrogen) atoms. The molecule has 124 valence electrons. The summed E-state index contributed by atoms with van der Waals surface area (Å²) in [4.78, 5) is 21.5. The molecule has 0 fully saturated rings. The first-order valence-corrected chi connectivity index (χ1v) is 7.73. The van der Waals surface area contributed by atoms with E-state index in [1.165, 1.54) is 0 Å². The molecule has 0 aromatic heterocycles. The molecule has 0 aromatic rings. The third-order valence-electron chi connectivity index (χ3n) is 2.94. The van der Waals surface area contributed by atoms with Crippen LogP contribution in [0, 0.1) is 23.7 Å². The number of carbonyl (C=O) groups excluding carboxylic acids is 1. The molecule has 1 amide bonds. The van der Waals surface area contributed by atoms with Crippen molar-refractivity contribution in [1.29, 1.82) is 0 Å². The van der Waals surface area contributed by atoms with Crippen molar-refractivity contribution < 1.29 is 14.7 Å². The van der Waals surface area contributed by atoms with E-state index in [1.807, 2.05) is 20.8 Å². The zero-order chi connectivity index (χ0) is 17.0. The van der Waals surface area contributed by atoms with Crippen LogP contribution in [0.25, 0.3) is 0 Å². The first kappa shape index (κ1) is 22.0. The van der Waals surface area contributed by atoms with E-state index in [1.54, 1.807) is 13.0 Å². The standard InChI is InChI=1S/C10H19NO.C7H14O2/c1-5-6-11-10(12)9(4)7-8(2)3;1-5(2)4-6(3)7(8)9/h5,8-9H,1,6-7H2,2-4H3,(H,11,12);5-6H,4H2,1-3H3,(H,8,9)/t9-;6-/m00/s1. The van der Waals surface area contributed by atoms with Gasteiger partial charge in [-0.1, -0.05) is 47.6 Å². The quantitative estimate of drug-likeness (QED) is 0.671. The fourth-order valence-electron chi connectivity index (χ4n) is 1.97. The van der Waals surface area contributed by atoms with Crippen molar-refractivity contribution in [2.45, 2.75) is 54.4 Å². The molecule has 0 aromatic carbocycles. The number of nitrogens with one attached hydrogen (secondary N) is 1. The summed E-state index contributed by atoms with van der Waals surface area (Å²) in [5.74, 6) is 0.424. The van der Waals surface area contributed by atoms with E-state index in [0.29, 0.717) is 18.4 Å². The first-order chi connectivity index (χ1) is 9.61. The van der Waals surface area contributed by atoms with Gasteiger partial charge in [0.25, 0.3) is 0 Å². The molecule has 0 saturated heterocycles. The number of rotatable bonds is 8. The third kappa shape index (κ3) is 14.9. The van der Waals surface area contributed by atoms with Crippen LogP contribution in [0.3, 0.4) is 0 Å². The second kappa shape index (κ2) is 12.4. The van der Waals surface area contributed by atoms with E-state index in [0.717, 1.165) is 12.8 Å². The molecule has 0 heterocycles. The van der Waals surface area contributed by atoms with Gasteiger partial charge in [-0.3, -0.25) is 9.59 Å². The average Bonchev–Trinajstić information content (AvgIpc) is 2.34. The Morgan fingerprint density at radius 1 is 1.00 bits per heavy atom. The summed E-state index contributed by atoms with van der Waals surface area (Å²) < 4.78 is 0. The Hall–Kier alpha value is -1.32. The Kier molecular flexibility index (Phi) is 13.0. The highest BCUT2D eigenvalue weighted by Crippen LogP contribution is 2.10. The number of amides is 1. The Labute approximate surface area is 130 Å². The maximum Gasteiger partial charge on any atom is 0.306 e. The van der Waals surface area contributed by atoms with E-state index in [4.69, 9.17) is 5.11 Å². The normalized spacial score (nSPS) is 13.1. The SMILES string of the molecule is C=CCNC(=O)[C@@H](C)CC(C)C.CC(C)C[C@H](C)C(=O)O. The maximum atomic E-state index is 11.3. The molecule has 0 bridgehead atoms. The molecule has 0 aliphatic rings. The van der Waals surface area contributed by atoms with Gasteiger partial charge in [-0.15, -0.1) is 6.58 Å². The zero-order valence-electron chi connectivity index (χ0n) is 14.5. The molecule has 4 heteroatoms. The molecule has 0 spiro atoms. The number of hydrogen-bond donors (Lipinski definition) is 2. The summed E-state index contributed by atoms with van der Waals surface area (Å²) in [5.41, 5.74) is 0. The highest BCUT2D eigenvalue weighted by Gasteiger charge is 2.12. The van der Waals surface area contributed by atoms with Crippen LogP contribution in [-0.4, -0.2) is 23.5 Å². The Morgan fingerprint density at radius 2 is 1.43 bits per heavy atom. The Morgan fingerprint density at radius 3 is 1.71 bits per heavy atom. The number of carboxylic acids is 1. The molecule has 2 N–H and O–H groups in total. The van der Waals surface area contributed by atoms with Gasteiger partial charge in [0.1, 0.15) is 0 Å². The van der Waals surface area contributed by atoms with Crippen LogP contribution in [0.2, 0.25) is 0 Å². The minimum absolute atomic E-state index is 0.116. The van der Waals surface area contributed by atoms with Crippen molar-refractivity contribution in [2.24, 2.45) is 23.7 Å². The van der Waals surface area contributed by atoms with Crippen LogP contribution in [0.4, 0.5) is 0 Å². The van der Waals surface area contributed by atoms with Crippen LogP contribution in [0.5, 0.6) is 0 Å². The minimum Gasteiger partial charge on any atom is -0.481 e. The number of carboxylic acid groups (broad SMARTS) is 1. The predicted molar refractivity (Wildman–Crippen MR) is 88.1 cm³/mol. The molecule has 4 nitrogen and oxygen atoms in total. The summed E-state index contributed by atoms with van der Waals surface area (Å²) in [6.45, 7) is 16.1. The molecule has 0 rings (SSSR count). The van der Waals surface area contributed by atoms with Crippen LogP contribution >= 0.6 is 0 Å². The largest absolute Gasteiger partial charge is 0.481 e. The van der Waals surface area contributed by atoms with Crippen molar-refractivity contribution >= 4 is 11.9 Å². The van der Waals surface area contributed by atoms with Crippen molar-refractivity contribution in [3.63, 3.8) is 0 Å². The Bertz CT molecular complexity index is 311. The third-order valence-corrected chi connectivity index (χ3v) is 2.94. The van der Waals surface area contributed by atoms with Crippen molar-refractivity contribution in [3.8, 4) is 0 Å². The highest BCUT2D eigenvalue weighted by atomic mass is 16.4. The van der Waals surface area contributed by atoms with Gasteiger partial charge in [-0.25, -0.2) is 0 Å². The molecule has 0 saturated carbocycles.